The fourth-order valence-corrected chi connectivity index (χ4v) is 5.61. The summed E-state index contributed by atoms with van der Waals surface area (Å²) in [6, 6.07) is 14.7. The van der Waals surface area contributed by atoms with Gasteiger partial charge in [-0.2, -0.15) is 0 Å². The molecule has 1 amide bonds. The van der Waals surface area contributed by atoms with Gasteiger partial charge >= 0.3 is 5.97 Å². The zero-order chi connectivity index (χ0) is 22.7. The highest BCUT2D eigenvalue weighted by atomic mass is 79.9. The van der Waals surface area contributed by atoms with Gasteiger partial charge in [0.15, 0.2) is 0 Å². The van der Waals surface area contributed by atoms with Gasteiger partial charge in [-0.15, -0.1) is 0 Å². The molecule has 1 aliphatic heterocycles. The molecule has 2 aromatic carbocycles. The van der Waals surface area contributed by atoms with Crippen molar-refractivity contribution < 1.29 is 23.5 Å². The van der Waals surface area contributed by atoms with Crippen molar-refractivity contribution >= 4 is 27.8 Å². The number of esters is 1. The lowest BCUT2D eigenvalue weighted by Crippen LogP contribution is -2.66. The molecule has 1 N–H and O–H groups in total. The van der Waals surface area contributed by atoms with Crippen LogP contribution in [0.3, 0.4) is 0 Å². The van der Waals surface area contributed by atoms with E-state index in [4.69, 9.17) is 9.47 Å². The summed E-state index contributed by atoms with van der Waals surface area (Å²) in [5, 5.41) is 3.12. The molecule has 1 saturated carbocycles. The average Bonchev–Trinajstić information content (AvgIpc) is 2.77. The molecule has 1 heterocycles. The van der Waals surface area contributed by atoms with Crippen LogP contribution in [0.2, 0.25) is 0 Å². The van der Waals surface area contributed by atoms with Gasteiger partial charge in [-0.05, 0) is 58.3 Å². The molecule has 1 spiro atoms. The molecule has 0 radical (unpaired) electrons. The average molecular weight is 504 g/mol. The molecule has 2 fully saturated rings. The smallest absolute Gasteiger partial charge is 0.309 e. The van der Waals surface area contributed by atoms with Crippen molar-refractivity contribution in [1.82, 2.24) is 5.32 Å². The number of hydrogen-bond donors (Lipinski definition) is 1. The van der Waals surface area contributed by atoms with Crippen LogP contribution in [-0.2, 0) is 32.1 Å². The summed E-state index contributed by atoms with van der Waals surface area (Å²) in [6.45, 7) is 2.54. The molecule has 0 aromatic heterocycles. The lowest BCUT2D eigenvalue weighted by molar-refractivity contribution is -0.162. The third-order valence-electron chi connectivity index (χ3n) is 6.54. The van der Waals surface area contributed by atoms with E-state index in [0.717, 1.165) is 5.56 Å². The number of carbonyl (C=O) groups excluding carboxylic acids is 2. The number of benzene rings is 2. The van der Waals surface area contributed by atoms with Crippen LogP contribution in [0.5, 0.6) is 0 Å². The topological polar surface area (TPSA) is 64.6 Å². The maximum absolute atomic E-state index is 14.9. The van der Waals surface area contributed by atoms with Crippen LogP contribution < -0.4 is 5.32 Å². The van der Waals surface area contributed by atoms with E-state index in [1.165, 1.54) is 0 Å². The Balaban J connectivity index is 1.64. The summed E-state index contributed by atoms with van der Waals surface area (Å²) >= 11 is 3.25. The van der Waals surface area contributed by atoms with Crippen molar-refractivity contribution in [3.05, 3.63) is 69.9 Å². The fraction of sp³-hybridized carbons (Fsp3) is 0.440. The van der Waals surface area contributed by atoms with Crippen molar-refractivity contribution in [3.8, 4) is 0 Å². The second kappa shape index (κ2) is 9.71. The largest absolute Gasteiger partial charge is 0.461 e. The first-order chi connectivity index (χ1) is 15.4. The first-order valence-electron chi connectivity index (χ1n) is 10.9. The van der Waals surface area contributed by atoms with Gasteiger partial charge in [0.25, 0.3) is 0 Å². The molecule has 1 aliphatic carbocycles. The number of nitrogens with one attached hydrogen (secondary N) is 1. The first-order valence-corrected chi connectivity index (χ1v) is 11.7. The van der Waals surface area contributed by atoms with Gasteiger partial charge in [0.05, 0.1) is 22.5 Å². The van der Waals surface area contributed by atoms with Crippen LogP contribution in [0, 0.1) is 23.6 Å². The molecule has 4 atom stereocenters. The summed E-state index contributed by atoms with van der Waals surface area (Å²) in [5.41, 5.74) is 0.667. The second-order valence-corrected chi connectivity index (χ2v) is 9.82. The fourth-order valence-electron chi connectivity index (χ4n) is 5.20. The van der Waals surface area contributed by atoms with E-state index >= 15 is 0 Å². The van der Waals surface area contributed by atoms with Crippen molar-refractivity contribution in [2.45, 2.75) is 38.3 Å². The molecular formula is C25H27BrFNO4. The second-order valence-electron chi connectivity index (χ2n) is 8.97. The van der Waals surface area contributed by atoms with Gasteiger partial charge < -0.3 is 14.8 Å². The molecule has 2 aliphatic rings. The first kappa shape index (κ1) is 22.9. The molecule has 170 valence electrons. The number of amides is 1. The van der Waals surface area contributed by atoms with E-state index in [-0.39, 0.29) is 42.7 Å². The van der Waals surface area contributed by atoms with Crippen LogP contribution in [0.4, 0.5) is 4.39 Å². The van der Waals surface area contributed by atoms with E-state index in [0.29, 0.717) is 35.9 Å². The number of ether oxygens (including phenoxy) is 2. The number of rotatable bonds is 5. The maximum Gasteiger partial charge on any atom is 0.309 e. The molecule has 3 unspecified atom stereocenters. The number of morpholine rings is 1. The summed E-state index contributed by atoms with van der Waals surface area (Å²) in [6.07, 6.45) is 1.58. The van der Waals surface area contributed by atoms with Crippen LogP contribution in [0.15, 0.2) is 53.0 Å². The Hall–Kier alpha value is -2.25. The van der Waals surface area contributed by atoms with E-state index in [2.05, 4.69) is 28.2 Å². The predicted molar refractivity (Wildman–Crippen MR) is 121 cm³/mol. The van der Waals surface area contributed by atoms with E-state index in [1.807, 2.05) is 30.3 Å². The molecule has 2 aromatic rings. The summed E-state index contributed by atoms with van der Waals surface area (Å²) < 4.78 is 26.6. The standard InChI is InChI=1S/C25H27BrFNO4/c1-16-10-19(24(30)32-13-17-6-3-2-4-7-17)20(11-18-8-5-9-21(26)23(18)27)25(12-16)15-31-14-22(29)28-25/h2-9,16,19-20H,10-15H2,1H3,(H,28,29)/t16-,19?,20?,25?/m0/s1. The Morgan fingerprint density at radius 2 is 2.03 bits per heavy atom. The summed E-state index contributed by atoms with van der Waals surface area (Å²) in [7, 11) is 0. The SMILES string of the molecule is C[C@H]1CC(C(=O)OCc2ccccc2)C(Cc2cccc(Br)c2F)C2(COCC(=O)N2)C1. The Labute approximate surface area is 195 Å². The van der Waals surface area contributed by atoms with Crippen LogP contribution >= 0.6 is 15.9 Å². The van der Waals surface area contributed by atoms with Crippen molar-refractivity contribution in [2.75, 3.05) is 13.2 Å². The summed E-state index contributed by atoms with van der Waals surface area (Å²) in [5.74, 6) is -1.53. The Bertz CT molecular complexity index is 985. The van der Waals surface area contributed by atoms with E-state index in [9.17, 15) is 14.0 Å². The van der Waals surface area contributed by atoms with Gasteiger partial charge in [0, 0.05) is 5.92 Å². The third-order valence-corrected chi connectivity index (χ3v) is 7.16. The van der Waals surface area contributed by atoms with Gasteiger partial charge in [-0.1, -0.05) is 49.4 Å². The Kier molecular flexibility index (Phi) is 6.96. The normalized spacial score (nSPS) is 27.7. The third kappa shape index (κ3) is 4.89. The van der Waals surface area contributed by atoms with Crippen molar-refractivity contribution in [3.63, 3.8) is 0 Å². The Morgan fingerprint density at radius 1 is 1.25 bits per heavy atom. The minimum atomic E-state index is -0.738. The minimum Gasteiger partial charge on any atom is -0.461 e. The lowest BCUT2D eigenvalue weighted by atomic mass is 9.61. The van der Waals surface area contributed by atoms with Gasteiger partial charge in [0.1, 0.15) is 19.0 Å². The summed E-state index contributed by atoms with van der Waals surface area (Å²) in [4.78, 5) is 25.6. The van der Waals surface area contributed by atoms with Crippen LogP contribution in [0.25, 0.3) is 0 Å². The quantitative estimate of drug-likeness (QED) is 0.613. The molecule has 7 heteroatoms. The molecule has 32 heavy (non-hydrogen) atoms. The molecule has 4 rings (SSSR count). The van der Waals surface area contributed by atoms with Crippen molar-refractivity contribution in [1.29, 1.82) is 0 Å². The lowest BCUT2D eigenvalue weighted by Gasteiger charge is -2.51. The van der Waals surface area contributed by atoms with E-state index in [1.54, 1.807) is 18.2 Å². The van der Waals surface area contributed by atoms with Crippen LogP contribution in [0.1, 0.15) is 30.9 Å². The number of halogens is 2. The van der Waals surface area contributed by atoms with Gasteiger partial charge in [-0.25, -0.2) is 4.39 Å². The van der Waals surface area contributed by atoms with E-state index < -0.39 is 11.5 Å². The monoisotopic (exact) mass is 503 g/mol. The highest BCUT2D eigenvalue weighted by Gasteiger charge is 2.53. The van der Waals surface area contributed by atoms with Crippen molar-refractivity contribution in [2.24, 2.45) is 17.8 Å². The van der Waals surface area contributed by atoms with Gasteiger partial charge in [0.2, 0.25) is 5.91 Å². The highest BCUT2D eigenvalue weighted by molar-refractivity contribution is 9.10. The number of hydrogen-bond acceptors (Lipinski definition) is 4. The number of carbonyl (C=O) groups is 2. The van der Waals surface area contributed by atoms with Crippen LogP contribution in [-0.4, -0.2) is 30.6 Å². The zero-order valence-corrected chi connectivity index (χ0v) is 19.6. The predicted octanol–water partition coefficient (Wildman–Crippen LogP) is 4.42. The molecule has 5 nitrogen and oxygen atoms in total. The molecular weight excluding hydrogens is 477 g/mol. The molecule has 0 bridgehead atoms. The maximum atomic E-state index is 14.9. The minimum absolute atomic E-state index is 0.00276. The highest BCUT2D eigenvalue weighted by Crippen LogP contribution is 2.45. The van der Waals surface area contributed by atoms with Gasteiger partial charge in [-0.3, -0.25) is 9.59 Å². The Morgan fingerprint density at radius 3 is 2.78 bits per heavy atom. The molecule has 1 saturated heterocycles. The zero-order valence-electron chi connectivity index (χ0n) is 18.0.